The Labute approximate surface area is 316 Å². The Morgan fingerprint density at radius 1 is 0.434 bits per heavy atom. The van der Waals surface area contributed by atoms with E-state index in [2.05, 4.69) is 181 Å². The van der Waals surface area contributed by atoms with E-state index >= 15 is 0 Å². The number of fused-ring (bicyclic) bond motifs is 9. The van der Waals surface area contributed by atoms with Gasteiger partial charge in [-0.15, -0.1) is 22.7 Å². The Bertz CT molecular complexity index is 3050. The maximum Gasteiger partial charge on any atom is 0.0546 e. The first-order valence-corrected chi connectivity index (χ1v) is 19.9. The Hall–Kier alpha value is -6.00. The quantitative estimate of drug-likeness (QED) is 0.161. The molecular formula is C50H33NS2. The highest BCUT2D eigenvalue weighted by Crippen LogP contribution is 2.44. The van der Waals surface area contributed by atoms with Crippen LogP contribution in [0.5, 0.6) is 0 Å². The van der Waals surface area contributed by atoms with Gasteiger partial charge in [0.15, 0.2) is 0 Å². The highest BCUT2D eigenvalue weighted by molar-refractivity contribution is 7.25. The van der Waals surface area contributed by atoms with Crippen LogP contribution in [0.3, 0.4) is 0 Å². The van der Waals surface area contributed by atoms with E-state index in [0.717, 1.165) is 24.2 Å². The predicted molar refractivity (Wildman–Crippen MR) is 233 cm³/mol. The number of allylic oxidation sites excluding steroid dienone is 1. The molecule has 0 radical (unpaired) electrons. The molecular weight excluding hydrogens is 679 g/mol. The molecule has 2 heterocycles. The van der Waals surface area contributed by atoms with Crippen molar-refractivity contribution in [2.75, 3.05) is 4.90 Å². The van der Waals surface area contributed by atoms with Crippen molar-refractivity contribution in [3.63, 3.8) is 0 Å². The minimum Gasteiger partial charge on any atom is -0.310 e. The third-order valence-electron chi connectivity index (χ3n) is 10.9. The standard InChI is InChI=1S/C50H33NS2/c1-2-10-40-34(8-1)16-17-35-9-7-13-45(50(35)40)51(38-24-18-32(19-25-38)36-22-28-48-43(30-36)41-11-3-5-14-46(41)52-48)39-26-20-33(21-27-39)37-23-29-49-44(31-37)42-12-4-6-15-47(42)53-49/h1-5,7-14,16-31H,6,15H2. The number of anilines is 3. The van der Waals surface area contributed by atoms with E-state index in [4.69, 9.17) is 0 Å². The van der Waals surface area contributed by atoms with E-state index in [1.165, 1.54) is 90.2 Å². The number of nitrogens with zero attached hydrogens (tertiary/aromatic N) is 1. The van der Waals surface area contributed by atoms with Crippen LogP contribution in [0, 0.1) is 0 Å². The smallest absolute Gasteiger partial charge is 0.0546 e. The maximum atomic E-state index is 2.43. The van der Waals surface area contributed by atoms with Gasteiger partial charge in [-0.2, -0.15) is 0 Å². The van der Waals surface area contributed by atoms with Crippen LogP contribution in [-0.4, -0.2) is 0 Å². The number of thiophene rings is 2. The Balaban J connectivity index is 1.04. The third kappa shape index (κ3) is 5.11. The third-order valence-corrected chi connectivity index (χ3v) is 13.3. The fourth-order valence-electron chi connectivity index (χ4n) is 8.30. The van der Waals surface area contributed by atoms with Gasteiger partial charge in [0.2, 0.25) is 0 Å². The fraction of sp³-hybridized carbons (Fsp3) is 0.0400. The van der Waals surface area contributed by atoms with Gasteiger partial charge in [0.25, 0.3) is 0 Å². The largest absolute Gasteiger partial charge is 0.310 e. The van der Waals surface area contributed by atoms with Crippen molar-refractivity contribution >= 4 is 97.6 Å². The topological polar surface area (TPSA) is 3.24 Å². The lowest BCUT2D eigenvalue weighted by Crippen LogP contribution is -2.10. The van der Waals surface area contributed by atoms with E-state index in [1.807, 2.05) is 22.7 Å². The molecule has 1 aliphatic carbocycles. The van der Waals surface area contributed by atoms with Crippen molar-refractivity contribution in [3.8, 4) is 22.3 Å². The summed E-state index contributed by atoms with van der Waals surface area (Å²) in [5.41, 5.74) is 9.77. The van der Waals surface area contributed by atoms with Gasteiger partial charge in [-0.05, 0) is 117 Å². The van der Waals surface area contributed by atoms with Gasteiger partial charge in [0.1, 0.15) is 0 Å². The van der Waals surface area contributed by atoms with E-state index in [9.17, 15) is 0 Å². The zero-order chi connectivity index (χ0) is 34.9. The summed E-state index contributed by atoms with van der Waals surface area (Å²) in [5, 5.41) is 9.03. The summed E-state index contributed by atoms with van der Waals surface area (Å²) in [6.45, 7) is 0. The van der Waals surface area contributed by atoms with Crippen molar-refractivity contribution < 1.29 is 0 Å². The molecule has 250 valence electrons. The van der Waals surface area contributed by atoms with Gasteiger partial charge in [0.05, 0.1) is 5.69 Å². The molecule has 0 spiro atoms. The Kier molecular flexibility index (Phi) is 7.11. The second-order valence-corrected chi connectivity index (χ2v) is 16.2. The summed E-state index contributed by atoms with van der Waals surface area (Å²) in [4.78, 5) is 3.95. The van der Waals surface area contributed by atoms with Gasteiger partial charge in [-0.1, -0.05) is 115 Å². The van der Waals surface area contributed by atoms with Gasteiger partial charge < -0.3 is 4.90 Å². The number of rotatable bonds is 5. The van der Waals surface area contributed by atoms with Gasteiger partial charge >= 0.3 is 0 Å². The van der Waals surface area contributed by atoms with E-state index in [1.54, 1.807) is 0 Å². The van der Waals surface area contributed by atoms with Crippen LogP contribution in [0.4, 0.5) is 17.1 Å². The van der Waals surface area contributed by atoms with Crippen LogP contribution >= 0.6 is 22.7 Å². The van der Waals surface area contributed by atoms with Crippen LogP contribution in [0.1, 0.15) is 16.9 Å². The lowest BCUT2D eigenvalue weighted by molar-refractivity contribution is 1.02. The molecule has 3 heteroatoms. The fourth-order valence-corrected chi connectivity index (χ4v) is 10.6. The SMILES string of the molecule is C1=Cc2c(sc3ccc(-c4ccc(N(c5ccc(-c6ccc7sc8ccccc8c7c6)cc5)c5cccc6ccc7ccccc7c56)cc4)cc23)CC1. The number of hydrogen-bond acceptors (Lipinski definition) is 3. The first-order chi connectivity index (χ1) is 26.2. The zero-order valence-corrected chi connectivity index (χ0v) is 30.6. The van der Waals surface area contributed by atoms with Crippen molar-refractivity contribution in [2.45, 2.75) is 12.8 Å². The average molecular weight is 712 g/mol. The molecule has 8 aromatic carbocycles. The first-order valence-electron chi connectivity index (χ1n) is 18.3. The molecule has 53 heavy (non-hydrogen) atoms. The highest BCUT2D eigenvalue weighted by Gasteiger charge is 2.19. The molecule has 0 aliphatic heterocycles. The zero-order valence-electron chi connectivity index (χ0n) is 28.9. The van der Waals surface area contributed by atoms with E-state index in [-0.39, 0.29) is 0 Å². The summed E-state index contributed by atoms with van der Waals surface area (Å²) in [5.74, 6) is 0. The van der Waals surface area contributed by atoms with E-state index in [0.29, 0.717) is 0 Å². The molecule has 1 nitrogen and oxygen atoms in total. The Morgan fingerprint density at radius 2 is 1.04 bits per heavy atom. The summed E-state index contributed by atoms with van der Waals surface area (Å²) in [6.07, 6.45) is 6.93. The second kappa shape index (κ2) is 12.3. The van der Waals surface area contributed by atoms with Crippen LogP contribution in [-0.2, 0) is 6.42 Å². The van der Waals surface area contributed by atoms with Crippen molar-refractivity contribution in [1.82, 2.24) is 0 Å². The van der Waals surface area contributed by atoms with Crippen molar-refractivity contribution in [1.29, 1.82) is 0 Å². The molecule has 0 saturated heterocycles. The van der Waals surface area contributed by atoms with Crippen LogP contribution in [0.25, 0.3) is 80.1 Å². The highest BCUT2D eigenvalue weighted by atomic mass is 32.1. The van der Waals surface area contributed by atoms with Gasteiger partial charge in [-0.25, -0.2) is 0 Å². The van der Waals surface area contributed by atoms with Crippen LogP contribution < -0.4 is 4.90 Å². The number of aryl methyl sites for hydroxylation is 1. The molecule has 0 saturated carbocycles. The minimum atomic E-state index is 1.13. The lowest BCUT2D eigenvalue weighted by atomic mass is 9.98. The number of hydrogen-bond donors (Lipinski definition) is 0. The van der Waals surface area contributed by atoms with Gasteiger partial charge in [0, 0.05) is 51.9 Å². The summed E-state index contributed by atoms with van der Waals surface area (Å²) in [7, 11) is 0. The van der Waals surface area contributed by atoms with Crippen LogP contribution in [0.2, 0.25) is 0 Å². The van der Waals surface area contributed by atoms with Crippen LogP contribution in [0.15, 0.2) is 170 Å². The molecule has 0 atom stereocenters. The summed E-state index contributed by atoms with van der Waals surface area (Å²) >= 11 is 3.82. The molecule has 10 aromatic rings. The average Bonchev–Trinajstić information content (AvgIpc) is 3.79. The molecule has 0 bridgehead atoms. The summed E-state index contributed by atoms with van der Waals surface area (Å²) < 4.78 is 4.04. The predicted octanol–water partition coefficient (Wildman–Crippen LogP) is 15.3. The molecule has 2 aromatic heterocycles. The monoisotopic (exact) mass is 711 g/mol. The molecule has 1 aliphatic rings. The molecule has 0 amide bonds. The Morgan fingerprint density at radius 3 is 1.81 bits per heavy atom. The van der Waals surface area contributed by atoms with Crippen molar-refractivity contribution in [2.24, 2.45) is 0 Å². The second-order valence-electron chi connectivity index (χ2n) is 14.0. The summed E-state index contributed by atoms with van der Waals surface area (Å²) in [6, 6.07) is 60.8. The normalized spacial score (nSPS) is 12.7. The first kappa shape index (κ1) is 30.6. The number of benzene rings is 8. The van der Waals surface area contributed by atoms with Gasteiger partial charge in [-0.3, -0.25) is 0 Å². The lowest BCUT2D eigenvalue weighted by Gasteiger charge is -2.28. The maximum absolute atomic E-state index is 2.43. The molecule has 0 fully saturated rings. The van der Waals surface area contributed by atoms with E-state index < -0.39 is 0 Å². The van der Waals surface area contributed by atoms with Crippen molar-refractivity contribution in [3.05, 3.63) is 180 Å². The molecule has 0 N–H and O–H groups in total. The molecule has 0 unspecified atom stereocenters. The minimum absolute atomic E-state index is 1.13. The molecule has 11 rings (SSSR count).